The second-order valence-corrected chi connectivity index (χ2v) is 5.76. The third-order valence-corrected chi connectivity index (χ3v) is 3.85. The van der Waals surface area contributed by atoms with E-state index in [1.807, 2.05) is 13.0 Å². The maximum absolute atomic E-state index is 6.59. The molecule has 0 fully saturated rings. The van der Waals surface area contributed by atoms with E-state index in [0.29, 0.717) is 6.61 Å². The van der Waals surface area contributed by atoms with Crippen molar-refractivity contribution in [2.24, 2.45) is 5.73 Å². The van der Waals surface area contributed by atoms with E-state index in [2.05, 4.69) is 52.0 Å². The molecule has 0 aliphatic carbocycles. The minimum Gasteiger partial charge on any atom is -0.494 e. The highest BCUT2D eigenvalue weighted by Gasteiger charge is 2.18. The molecule has 0 amide bonds. The largest absolute Gasteiger partial charge is 0.494 e. The van der Waals surface area contributed by atoms with Crippen molar-refractivity contribution in [2.75, 3.05) is 6.61 Å². The van der Waals surface area contributed by atoms with Crippen LogP contribution in [0.1, 0.15) is 46.3 Å². The highest BCUT2D eigenvalue weighted by molar-refractivity contribution is 5.48. The molecular weight excluding hydrogens is 258 g/mol. The fourth-order valence-electron chi connectivity index (χ4n) is 3.04. The first-order valence-electron chi connectivity index (χ1n) is 7.50. The molecular formula is C19H25NO. The van der Waals surface area contributed by atoms with Gasteiger partial charge in [-0.2, -0.15) is 0 Å². The molecule has 2 heteroatoms. The average molecular weight is 283 g/mol. The lowest BCUT2D eigenvalue weighted by Gasteiger charge is -2.21. The Balaban J connectivity index is 2.54. The molecule has 0 aromatic heterocycles. The Morgan fingerprint density at radius 1 is 0.952 bits per heavy atom. The smallest absolute Gasteiger partial charge is 0.124 e. The van der Waals surface area contributed by atoms with Crippen molar-refractivity contribution >= 4 is 0 Å². The standard InChI is InChI=1S/C19H25NO/c1-6-21-17-8-7-12(2)11-16(17)19(20)18-14(4)9-13(3)10-15(18)5/h7-11,19H,6,20H2,1-5H3. The van der Waals surface area contributed by atoms with Crippen molar-refractivity contribution in [1.29, 1.82) is 0 Å². The van der Waals surface area contributed by atoms with Gasteiger partial charge in [-0.15, -0.1) is 0 Å². The predicted molar refractivity (Wildman–Crippen MR) is 89.0 cm³/mol. The number of benzene rings is 2. The van der Waals surface area contributed by atoms with Crippen molar-refractivity contribution in [1.82, 2.24) is 0 Å². The van der Waals surface area contributed by atoms with Crippen molar-refractivity contribution in [2.45, 2.75) is 40.7 Å². The van der Waals surface area contributed by atoms with Crippen molar-refractivity contribution in [3.05, 3.63) is 63.7 Å². The summed E-state index contributed by atoms with van der Waals surface area (Å²) in [4.78, 5) is 0. The van der Waals surface area contributed by atoms with Gasteiger partial charge in [-0.1, -0.05) is 35.4 Å². The molecule has 0 saturated heterocycles. The molecule has 2 aromatic rings. The summed E-state index contributed by atoms with van der Waals surface area (Å²) in [5.74, 6) is 0.884. The Bertz CT molecular complexity index is 623. The van der Waals surface area contributed by atoms with Crippen LogP contribution >= 0.6 is 0 Å². The van der Waals surface area contributed by atoms with Crippen LogP contribution in [0.5, 0.6) is 5.75 Å². The van der Waals surface area contributed by atoms with Crippen LogP contribution in [0.3, 0.4) is 0 Å². The molecule has 0 bridgehead atoms. The Morgan fingerprint density at radius 3 is 2.14 bits per heavy atom. The molecule has 2 N–H and O–H groups in total. The van der Waals surface area contributed by atoms with E-state index in [1.165, 1.54) is 27.8 Å². The van der Waals surface area contributed by atoms with Gasteiger partial charge >= 0.3 is 0 Å². The summed E-state index contributed by atoms with van der Waals surface area (Å²) in [7, 11) is 0. The number of rotatable bonds is 4. The lowest BCUT2D eigenvalue weighted by molar-refractivity contribution is 0.335. The van der Waals surface area contributed by atoms with Crippen LogP contribution in [-0.4, -0.2) is 6.61 Å². The first-order valence-corrected chi connectivity index (χ1v) is 7.50. The molecule has 21 heavy (non-hydrogen) atoms. The van der Waals surface area contributed by atoms with Gasteiger partial charge in [0.2, 0.25) is 0 Å². The van der Waals surface area contributed by atoms with E-state index in [1.54, 1.807) is 0 Å². The van der Waals surface area contributed by atoms with Gasteiger partial charge in [-0.05, 0) is 57.4 Å². The van der Waals surface area contributed by atoms with E-state index in [-0.39, 0.29) is 6.04 Å². The van der Waals surface area contributed by atoms with Gasteiger partial charge in [0, 0.05) is 5.56 Å². The summed E-state index contributed by atoms with van der Waals surface area (Å²) in [6.07, 6.45) is 0. The topological polar surface area (TPSA) is 35.2 Å². The minimum atomic E-state index is -0.160. The van der Waals surface area contributed by atoms with E-state index >= 15 is 0 Å². The molecule has 0 spiro atoms. The highest BCUT2D eigenvalue weighted by Crippen LogP contribution is 2.33. The first kappa shape index (κ1) is 15.6. The van der Waals surface area contributed by atoms with Crippen molar-refractivity contribution < 1.29 is 4.74 Å². The van der Waals surface area contributed by atoms with Gasteiger partial charge in [0.1, 0.15) is 5.75 Å². The third kappa shape index (κ3) is 3.27. The first-order chi connectivity index (χ1) is 9.93. The molecule has 2 rings (SSSR count). The molecule has 0 heterocycles. The van der Waals surface area contributed by atoms with Crippen LogP contribution in [0.15, 0.2) is 30.3 Å². The monoisotopic (exact) mass is 283 g/mol. The summed E-state index contributed by atoms with van der Waals surface area (Å²) in [6, 6.07) is 10.4. The summed E-state index contributed by atoms with van der Waals surface area (Å²) in [5.41, 5.74) is 13.8. The van der Waals surface area contributed by atoms with Gasteiger partial charge in [-0.3, -0.25) is 0 Å². The Kier molecular flexibility index (Phi) is 4.69. The van der Waals surface area contributed by atoms with E-state index in [4.69, 9.17) is 10.5 Å². The van der Waals surface area contributed by atoms with Crippen LogP contribution in [-0.2, 0) is 0 Å². The zero-order valence-electron chi connectivity index (χ0n) is 13.7. The number of nitrogens with two attached hydrogens (primary N) is 1. The lowest BCUT2D eigenvalue weighted by atomic mass is 9.89. The number of aryl methyl sites for hydroxylation is 4. The molecule has 0 saturated carbocycles. The Morgan fingerprint density at radius 2 is 1.57 bits per heavy atom. The fraction of sp³-hybridized carbons (Fsp3) is 0.368. The minimum absolute atomic E-state index is 0.160. The summed E-state index contributed by atoms with van der Waals surface area (Å²) < 4.78 is 5.76. The van der Waals surface area contributed by atoms with Gasteiger partial charge in [0.05, 0.1) is 12.6 Å². The van der Waals surface area contributed by atoms with Gasteiger partial charge in [0.15, 0.2) is 0 Å². The van der Waals surface area contributed by atoms with Crippen molar-refractivity contribution in [3.8, 4) is 5.75 Å². The summed E-state index contributed by atoms with van der Waals surface area (Å²) >= 11 is 0. The molecule has 1 atom stereocenters. The number of hydrogen-bond donors (Lipinski definition) is 1. The molecule has 0 aliphatic heterocycles. The molecule has 1 unspecified atom stereocenters. The second-order valence-electron chi connectivity index (χ2n) is 5.76. The van der Waals surface area contributed by atoms with Crippen molar-refractivity contribution in [3.63, 3.8) is 0 Å². The average Bonchev–Trinajstić information content (AvgIpc) is 2.39. The molecule has 2 aromatic carbocycles. The SMILES string of the molecule is CCOc1ccc(C)cc1C(N)c1c(C)cc(C)cc1C. The van der Waals surface area contributed by atoms with Gasteiger partial charge in [-0.25, -0.2) is 0 Å². The van der Waals surface area contributed by atoms with Crippen LogP contribution in [0, 0.1) is 27.7 Å². The van der Waals surface area contributed by atoms with Crippen LogP contribution < -0.4 is 10.5 Å². The Hall–Kier alpha value is -1.80. The second kappa shape index (κ2) is 6.31. The zero-order chi connectivity index (χ0) is 15.6. The molecule has 112 valence electrons. The predicted octanol–water partition coefficient (Wildman–Crippen LogP) is 4.37. The van der Waals surface area contributed by atoms with E-state index in [9.17, 15) is 0 Å². The lowest BCUT2D eigenvalue weighted by Crippen LogP contribution is -2.16. The maximum atomic E-state index is 6.59. The quantitative estimate of drug-likeness (QED) is 0.904. The Labute approximate surface area is 127 Å². The summed E-state index contributed by atoms with van der Waals surface area (Å²) in [5, 5.41) is 0. The third-order valence-electron chi connectivity index (χ3n) is 3.85. The van der Waals surface area contributed by atoms with E-state index < -0.39 is 0 Å². The maximum Gasteiger partial charge on any atom is 0.124 e. The zero-order valence-corrected chi connectivity index (χ0v) is 13.7. The summed E-state index contributed by atoms with van der Waals surface area (Å²) in [6.45, 7) is 11.1. The van der Waals surface area contributed by atoms with Gasteiger partial charge < -0.3 is 10.5 Å². The van der Waals surface area contributed by atoms with Crippen LogP contribution in [0.4, 0.5) is 0 Å². The highest BCUT2D eigenvalue weighted by atomic mass is 16.5. The van der Waals surface area contributed by atoms with Gasteiger partial charge in [0.25, 0.3) is 0 Å². The number of ether oxygens (including phenoxy) is 1. The fourth-order valence-corrected chi connectivity index (χ4v) is 3.04. The van der Waals surface area contributed by atoms with E-state index in [0.717, 1.165) is 11.3 Å². The molecule has 2 nitrogen and oxygen atoms in total. The molecule has 0 radical (unpaired) electrons. The normalized spacial score (nSPS) is 12.3. The van der Waals surface area contributed by atoms with Crippen LogP contribution in [0.25, 0.3) is 0 Å². The van der Waals surface area contributed by atoms with Crippen LogP contribution in [0.2, 0.25) is 0 Å². The number of hydrogen-bond acceptors (Lipinski definition) is 2. The molecule has 0 aliphatic rings.